The maximum atomic E-state index is 5.90. The van der Waals surface area contributed by atoms with Crippen molar-refractivity contribution in [3.8, 4) is 5.75 Å². The lowest BCUT2D eigenvalue weighted by Gasteiger charge is -2.14. The summed E-state index contributed by atoms with van der Waals surface area (Å²) in [6.07, 6.45) is 6.60. The average Bonchev–Trinajstić information content (AvgIpc) is 3.13. The van der Waals surface area contributed by atoms with E-state index in [1.165, 1.54) is 31.2 Å². The lowest BCUT2D eigenvalue weighted by molar-refractivity contribution is 0.0574. The molecule has 2 rings (SSSR count). The number of methoxy groups -OCH3 is 1. The number of guanidine groups is 1. The number of rotatable bonds is 9. The van der Waals surface area contributed by atoms with E-state index in [4.69, 9.17) is 9.47 Å². The van der Waals surface area contributed by atoms with Gasteiger partial charge in [0.2, 0.25) is 0 Å². The zero-order valence-corrected chi connectivity index (χ0v) is 18.7. The molecule has 1 aliphatic rings. The third kappa shape index (κ3) is 8.12. The van der Waals surface area contributed by atoms with E-state index in [2.05, 4.69) is 41.6 Å². The molecule has 0 radical (unpaired) electrons. The maximum absolute atomic E-state index is 5.90. The Balaban J connectivity index is 0.00000338. The molecule has 0 amide bonds. The molecule has 0 bridgehead atoms. The van der Waals surface area contributed by atoms with Crippen molar-refractivity contribution in [1.82, 2.24) is 10.6 Å². The van der Waals surface area contributed by atoms with Crippen LogP contribution < -0.4 is 15.4 Å². The minimum absolute atomic E-state index is 0. The van der Waals surface area contributed by atoms with Gasteiger partial charge in [-0.25, -0.2) is 4.99 Å². The SMILES string of the molecule is CCNC(=NCc1ccc(C)cc1OC)NCCCOC1CCCC1.I. The zero-order chi connectivity index (χ0) is 17.9. The second-order valence-corrected chi connectivity index (χ2v) is 6.57. The fraction of sp³-hybridized carbons (Fsp3) is 0.650. The van der Waals surface area contributed by atoms with E-state index >= 15 is 0 Å². The van der Waals surface area contributed by atoms with Gasteiger partial charge in [0.25, 0.3) is 0 Å². The van der Waals surface area contributed by atoms with Crippen molar-refractivity contribution in [3.63, 3.8) is 0 Å². The number of aliphatic imine (C=N–C) groups is 1. The second kappa shape index (κ2) is 13.2. The summed E-state index contributed by atoms with van der Waals surface area (Å²) < 4.78 is 11.4. The number of benzene rings is 1. The third-order valence-corrected chi connectivity index (χ3v) is 4.46. The Morgan fingerprint density at radius 2 is 2.00 bits per heavy atom. The highest BCUT2D eigenvalue weighted by atomic mass is 127. The normalized spacial score (nSPS) is 14.8. The largest absolute Gasteiger partial charge is 0.496 e. The van der Waals surface area contributed by atoms with Gasteiger partial charge in [0.15, 0.2) is 5.96 Å². The Morgan fingerprint density at radius 3 is 2.69 bits per heavy atom. The number of nitrogens with one attached hydrogen (secondary N) is 2. The molecule has 0 unspecified atom stereocenters. The summed E-state index contributed by atoms with van der Waals surface area (Å²) in [6, 6.07) is 6.22. The summed E-state index contributed by atoms with van der Waals surface area (Å²) in [5.74, 6) is 1.73. The molecule has 0 aliphatic heterocycles. The van der Waals surface area contributed by atoms with Crippen molar-refractivity contribution in [3.05, 3.63) is 29.3 Å². The Labute approximate surface area is 175 Å². The van der Waals surface area contributed by atoms with Gasteiger partial charge >= 0.3 is 0 Å². The molecular formula is C20H34IN3O2. The van der Waals surface area contributed by atoms with Gasteiger partial charge in [-0.05, 0) is 44.7 Å². The fourth-order valence-electron chi connectivity index (χ4n) is 3.07. The standard InChI is InChI=1S/C20H33N3O2.HI/c1-4-21-20(22-12-7-13-25-18-8-5-6-9-18)23-15-17-11-10-16(2)14-19(17)24-3;/h10-11,14,18H,4-9,12-13,15H2,1-3H3,(H2,21,22,23);1H. The van der Waals surface area contributed by atoms with Crippen LogP contribution in [-0.2, 0) is 11.3 Å². The number of hydrogen-bond donors (Lipinski definition) is 2. The predicted octanol–water partition coefficient (Wildman–Crippen LogP) is 4.03. The lowest BCUT2D eigenvalue weighted by atomic mass is 10.1. The van der Waals surface area contributed by atoms with Crippen LogP contribution in [0.25, 0.3) is 0 Å². The van der Waals surface area contributed by atoms with Crippen LogP contribution in [0.2, 0.25) is 0 Å². The second-order valence-electron chi connectivity index (χ2n) is 6.57. The number of halogens is 1. The lowest BCUT2D eigenvalue weighted by Crippen LogP contribution is -2.38. The van der Waals surface area contributed by atoms with Crippen molar-refractivity contribution in [2.45, 2.75) is 58.6 Å². The van der Waals surface area contributed by atoms with Gasteiger partial charge in [-0.1, -0.05) is 25.0 Å². The molecule has 6 heteroatoms. The first-order valence-corrected chi connectivity index (χ1v) is 9.50. The molecule has 0 heterocycles. The van der Waals surface area contributed by atoms with Crippen LogP contribution in [0.5, 0.6) is 5.75 Å². The highest BCUT2D eigenvalue weighted by Gasteiger charge is 2.14. The van der Waals surface area contributed by atoms with Crippen LogP contribution >= 0.6 is 24.0 Å². The third-order valence-electron chi connectivity index (χ3n) is 4.46. The monoisotopic (exact) mass is 475 g/mol. The first kappa shape index (κ1) is 23.0. The predicted molar refractivity (Wildman–Crippen MR) is 119 cm³/mol. The summed E-state index contributed by atoms with van der Waals surface area (Å²) in [7, 11) is 1.70. The highest BCUT2D eigenvalue weighted by molar-refractivity contribution is 14.0. The number of nitrogens with zero attached hydrogens (tertiary/aromatic N) is 1. The van der Waals surface area contributed by atoms with E-state index in [9.17, 15) is 0 Å². The van der Waals surface area contributed by atoms with Crippen LogP contribution in [0, 0.1) is 6.92 Å². The molecule has 0 spiro atoms. The van der Waals surface area contributed by atoms with E-state index in [1.807, 2.05) is 6.07 Å². The van der Waals surface area contributed by atoms with Crippen LogP contribution in [0.4, 0.5) is 0 Å². The van der Waals surface area contributed by atoms with Crippen molar-refractivity contribution in [2.75, 3.05) is 26.8 Å². The highest BCUT2D eigenvalue weighted by Crippen LogP contribution is 2.21. The summed E-state index contributed by atoms with van der Waals surface area (Å²) in [6.45, 7) is 7.26. The Morgan fingerprint density at radius 1 is 1.23 bits per heavy atom. The molecule has 1 aliphatic carbocycles. The molecule has 26 heavy (non-hydrogen) atoms. The minimum Gasteiger partial charge on any atom is -0.496 e. The van der Waals surface area contributed by atoms with E-state index < -0.39 is 0 Å². The molecule has 0 saturated heterocycles. The molecular weight excluding hydrogens is 441 g/mol. The smallest absolute Gasteiger partial charge is 0.191 e. The Hall–Kier alpha value is -1.02. The van der Waals surface area contributed by atoms with Crippen LogP contribution in [0.1, 0.15) is 50.2 Å². The summed E-state index contributed by atoms with van der Waals surface area (Å²) in [5, 5.41) is 6.67. The van der Waals surface area contributed by atoms with E-state index in [1.54, 1.807) is 7.11 Å². The maximum Gasteiger partial charge on any atom is 0.191 e. The van der Waals surface area contributed by atoms with Crippen LogP contribution in [-0.4, -0.2) is 38.9 Å². The molecule has 5 nitrogen and oxygen atoms in total. The Kier molecular flexibility index (Phi) is 11.7. The van der Waals surface area contributed by atoms with Crippen LogP contribution in [0.15, 0.2) is 23.2 Å². The van der Waals surface area contributed by atoms with Gasteiger partial charge < -0.3 is 20.1 Å². The average molecular weight is 475 g/mol. The van der Waals surface area contributed by atoms with Crippen molar-refractivity contribution in [1.29, 1.82) is 0 Å². The van der Waals surface area contributed by atoms with Crippen molar-refractivity contribution in [2.24, 2.45) is 4.99 Å². The fourth-order valence-corrected chi connectivity index (χ4v) is 3.07. The topological polar surface area (TPSA) is 54.9 Å². The van der Waals surface area contributed by atoms with Crippen molar-refractivity contribution < 1.29 is 9.47 Å². The van der Waals surface area contributed by atoms with Gasteiger partial charge in [0, 0.05) is 25.3 Å². The van der Waals surface area contributed by atoms with E-state index in [0.717, 1.165) is 43.4 Å². The first-order chi connectivity index (χ1) is 12.2. The molecule has 1 aromatic carbocycles. The van der Waals surface area contributed by atoms with Gasteiger partial charge in [-0.15, -0.1) is 24.0 Å². The quantitative estimate of drug-likeness (QED) is 0.245. The molecule has 0 aromatic heterocycles. The zero-order valence-electron chi connectivity index (χ0n) is 16.3. The molecule has 1 fully saturated rings. The Bertz CT molecular complexity index is 546. The molecule has 148 valence electrons. The van der Waals surface area contributed by atoms with Gasteiger partial charge in [-0.3, -0.25) is 0 Å². The molecule has 1 saturated carbocycles. The van der Waals surface area contributed by atoms with Crippen molar-refractivity contribution >= 4 is 29.9 Å². The summed E-state index contributed by atoms with van der Waals surface area (Å²) in [4.78, 5) is 4.67. The number of hydrogen-bond acceptors (Lipinski definition) is 3. The molecule has 0 atom stereocenters. The molecule has 1 aromatic rings. The van der Waals surface area contributed by atoms with Crippen LogP contribution in [0.3, 0.4) is 0 Å². The first-order valence-electron chi connectivity index (χ1n) is 9.50. The minimum atomic E-state index is 0. The number of ether oxygens (including phenoxy) is 2. The number of aryl methyl sites for hydroxylation is 1. The van der Waals surface area contributed by atoms with E-state index in [0.29, 0.717) is 12.6 Å². The van der Waals surface area contributed by atoms with Gasteiger partial charge in [0.1, 0.15) is 5.75 Å². The van der Waals surface area contributed by atoms with E-state index in [-0.39, 0.29) is 24.0 Å². The molecule has 2 N–H and O–H groups in total. The summed E-state index contributed by atoms with van der Waals surface area (Å²) >= 11 is 0. The summed E-state index contributed by atoms with van der Waals surface area (Å²) in [5.41, 5.74) is 2.28. The van der Waals surface area contributed by atoms with Gasteiger partial charge in [-0.2, -0.15) is 0 Å². The van der Waals surface area contributed by atoms with Gasteiger partial charge in [0.05, 0.1) is 19.8 Å².